The molecule has 41 heavy (non-hydrogen) atoms. The molecule has 1 heterocycles. The van der Waals surface area contributed by atoms with E-state index in [4.69, 9.17) is 45.5 Å². The minimum absolute atomic E-state index is 0.0251. The van der Waals surface area contributed by atoms with Crippen LogP contribution >= 0.6 is 34.8 Å². The van der Waals surface area contributed by atoms with Crippen molar-refractivity contribution in [2.45, 2.75) is 25.9 Å². The molecule has 8 nitrogen and oxygen atoms in total. The smallest absolute Gasteiger partial charge is 0.261 e. The van der Waals surface area contributed by atoms with Gasteiger partial charge in [0.05, 0.1) is 27.5 Å². The Morgan fingerprint density at radius 3 is 2.32 bits per heavy atom. The van der Waals surface area contributed by atoms with Crippen molar-refractivity contribution in [3.63, 3.8) is 0 Å². The summed E-state index contributed by atoms with van der Waals surface area (Å²) < 4.78 is 1.40. The molecule has 0 saturated carbocycles. The van der Waals surface area contributed by atoms with E-state index in [1.54, 1.807) is 62.6 Å². The highest BCUT2D eigenvalue weighted by Gasteiger charge is 2.36. The average Bonchev–Trinajstić information content (AvgIpc) is 2.94. The highest BCUT2D eigenvalue weighted by Crippen LogP contribution is 2.28. The lowest BCUT2D eigenvalue weighted by atomic mass is 10.1. The van der Waals surface area contributed by atoms with Crippen LogP contribution in [0.1, 0.15) is 39.8 Å². The molecule has 214 valence electrons. The van der Waals surface area contributed by atoms with Gasteiger partial charge in [-0.15, -0.1) is 0 Å². The second-order valence-electron chi connectivity index (χ2n) is 9.91. The Balaban J connectivity index is 2.00. The summed E-state index contributed by atoms with van der Waals surface area (Å²) >= 11 is 18.7. The number of fused-ring (bicyclic) bond motifs is 1. The summed E-state index contributed by atoms with van der Waals surface area (Å²) in [6, 6.07) is 15.6. The molecule has 1 atom stereocenters. The second-order valence-corrected chi connectivity index (χ2v) is 11.2. The fourth-order valence-corrected chi connectivity index (χ4v) is 4.98. The minimum Gasteiger partial charge on any atom is -0.347 e. The number of hydrogen-bond acceptors (Lipinski definition) is 5. The summed E-state index contributed by atoms with van der Waals surface area (Å²) in [5.41, 5.74) is 7.79. The zero-order valence-electron chi connectivity index (χ0n) is 22.9. The molecule has 2 amide bonds. The molecule has 0 bridgehead atoms. The van der Waals surface area contributed by atoms with Gasteiger partial charge >= 0.3 is 0 Å². The predicted molar refractivity (Wildman–Crippen MR) is 164 cm³/mol. The number of nitrogens with zero attached hydrogens (tertiary/aromatic N) is 4. The zero-order chi connectivity index (χ0) is 29.8. The Morgan fingerprint density at radius 2 is 1.68 bits per heavy atom. The van der Waals surface area contributed by atoms with Gasteiger partial charge in [0, 0.05) is 31.2 Å². The first-order valence-corrected chi connectivity index (χ1v) is 14.1. The van der Waals surface area contributed by atoms with E-state index in [0.29, 0.717) is 43.5 Å². The molecule has 1 aromatic heterocycles. The monoisotopic (exact) mass is 613 g/mol. The summed E-state index contributed by atoms with van der Waals surface area (Å²) in [7, 11) is 3.18. The Labute approximate surface area is 253 Å². The number of likely N-dealkylation sites (N-methyl/N-ethyl adjacent to an activating group) is 1. The first-order chi connectivity index (χ1) is 19.5. The van der Waals surface area contributed by atoms with Crippen LogP contribution < -0.4 is 11.3 Å². The molecular weight excluding hydrogens is 585 g/mol. The number of carbonyl (C=O) groups is 2. The highest BCUT2D eigenvalue weighted by molar-refractivity contribution is 6.42. The fourth-order valence-electron chi connectivity index (χ4n) is 4.49. The molecule has 3 aromatic carbocycles. The SMILES string of the molecule is Cc1ccc(C(=O)N(CCCN)C(C(=O)N(C)C)c2nc3cc(Cl)ccc3c(=O)n2Cc2ccc(Cl)c(Cl)c2)cc1. The molecule has 4 rings (SSSR count). The van der Waals surface area contributed by atoms with E-state index in [9.17, 15) is 14.4 Å². The Morgan fingerprint density at radius 1 is 0.976 bits per heavy atom. The van der Waals surface area contributed by atoms with Gasteiger partial charge in [0.2, 0.25) is 0 Å². The number of rotatable bonds is 9. The number of amides is 2. The summed E-state index contributed by atoms with van der Waals surface area (Å²) in [6.07, 6.45) is 0.422. The van der Waals surface area contributed by atoms with E-state index in [1.165, 1.54) is 14.4 Å². The Hall–Kier alpha value is -3.43. The number of carbonyl (C=O) groups excluding carboxylic acids is 2. The van der Waals surface area contributed by atoms with Crippen molar-refractivity contribution < 1.29 is 9.59 Å². The van der Waals surface area contributed by atoms with Gasteiger partial charge in [-0.1, -0.05) is 58.6 Å². The first-order valence-electron chi connectivity index (χ1n) is 12.9. The highest BCUT2D eigenvalue weighted by atomic mass is 35.5. The van der Waals surface area contributed by atoms with Gasteiger partial charge in [0.1, 0.15) is 5.82 Å². The molecule has 0 radical (unpaired) electrons. The zero-order valence-corrected chi connectivity index (χ0v) is 25.2. The van der Waals surface area contributed by atoms with Crippen LogP contribution in [0.5, 0.6) is 0 Å². The van der Waals surface area contributed by atoms with E-state index in [1.807, 2.05) is 19.1 Å². The van der Waals surface area contributed by atoms with Crippen LogP contribution in [0, 0.1) is 6.92 Å². The normalized spacial score (nSPS) is 11.9. The van der Waals surface area contributed by atoms with Crippen molar-refractivity contribution in [3.8, 4) is 0 Å². The topological polar surface area (TPSA) is 102 Å². The first kappa shape index (κ1) is 30.5. The lowest BCUT2D eigenvalue weighted by Gasteiger charge is -2.33. The molecule has 0 spiro atoms. The number of aromatic nitrogens is 2. The number of aryl methyl sites for hydroxylation is 1. The van der Waals surface area contributed by atoms with Crippen molar-refractivity contribution in [1.82, 2.24) is 19.4 Å². The van der Waals surface area contributed by atoms with Crippen LogP contribution in [0.3, 0.4) is 0 Å². The molecule has 1 unspecified atom stereocenters. The van der Waals surface area contributed by atoms with Crippen LogP contribution in [0.2, 0.25) is 15.1 Å². The maximum atomic E-state index is 14.0. The average molecular weight is 615 g/mol. The van der Waals surface area contributed by atoms with E-state index < -0.39 is 17.5 Å². The fraction of sp³-hybridized carbons (Fsp3) is 0.267. The maximum absolute atomic E-state index is 14.0. The van der Waals surface area contributed by atoms with Gasteiger partial charge in [-0.2, -0.15) is 0 Å². The molecule has 2 N–H and O–H groups in total. The summed E-state index contributed by atoms with van der Waals surface area (Å²) in [6.45, 7) is 2.39. The van der Waals surface area contributed by atoms with Crippen molar-refractivity contribution in [3.05, 3.63) is 109 Å². The number of halogens is 3. The number of benzene rings is 3. The lowest BCUT2D eigenvalue weighted by Crippen LogP contribution is -2.47. The van der Waals surface area contributed by atoms with Crippen LogP contribution in [0.4, 0.5) is 0 Å². The summed E-state index contributed by atoms with van der Waals surface area (Å²) in [4.78, 5) is 49.6. The third kappa shape index (κ3) is 6.73. The molecule has 0 saturated heterocycles. The molecule has 4 aromatic rings. The molecule has 0 aliphatic carbocycles. The van der Waals surface area contributed by atoms with E-state index >= 15 is 0 Å². The second kappa shape index (κ2) is 13.0. The minimum atomic E-state index is -1.25. The molecular formula is C30H30Cl3N5O3. The largest absolute Gasteiger partial charge is 0.347 e. The molecule has 0 aliphatic rings. The van der Waals surface area contributed by atoms with E-state index in [0.717, 1.165) is 5.56 Å². The number of hydrogen-bond donors (Lipinski definition) is 1. The predicted octanol–water partition coefficient (Wildman–Crippen LogP) is 5.33. The molecule has 0 fully saturated rings. The Kier molecular flexibility index (Phi) is 9.71. The summed E-state index contributed by atoms with van der Waals surface area (Å²) in [5.74, 6) is -0.731. The van der Waals surface area contributed by atoms with Crippen molar-refractivity contribution in [1.29, 1.82) is 0 Å². The van der Waals surface area contributed by atoms with Gasteiger partial charge in [0.25, 0.3) is 17.4 Å². The van der Waals surface area contributed by atoms with Gasteiger partial charge < -0.3 is 15.5 Å². The van der Waals surface area contributed by atoms with Crippen molar-refractivity contribution in [2.75, 3.05) is 27.2 Å². The third-order valence-corrected chi connectivity index (χ3v) is 7.64. The quantitative estimate of drug-likeness (QED) is 0.275. The van der Waals surface area contributed by atoms with Crippen molar-refractivity contribution in [2.24, 2.45) is 5.73 Å². The van der Waals surface area contributed by atoms with Crippen LogP contribution in [0.25, 0.3) is 10.9 Å². The van der Waals surface area contributed by atoms with Crippen LogP contribution in [0.15, 0.2) is 65.5 Å². The van der Waals surface area contributed by atoms with Gasteiger partial charge in [-0.25, -0.2) is 4.98 Å². The van der Waals surface area contributed by atoms with E-state index in [2.05, 4.69) is 0 Å². The molecule has 11 heteroatoms. The van der Waals surface area contributed by atoms with Gasteiger partial charge in [-0.3, -0.25) is 19.0 Å². The van der Waals surface area contributed by atoms with Gasteiger partial charge in [0.15, 0.2) is 6.04 Å². The Bertz CT molecular complexity index is 1650. The summed E-state index contributed by atoms with van der Waals surface area (Å²) in [5, 5.41) is 1.38. The number of nitrogens with two attached hydrogens (primary N) is 1. The van der Waals surface area contributed by atoms with E-state index in [-0.39, 0.29) is 31.4 Å². The molecule has 0 aliphatic heterocycles. The van der Waals surface area contributed by atoms with Crippen LogP contribution in [-0.4, -0.2) is 58.4 Å². The lowest BCUT2D eigenvalue weighted by molar-refractivity contribution is -0.134. The van der Waals surface area contributed by atoms with Gasteiger partial charge in [-0.05, 0) is 67.9 Å². The third-order valence-electron chi connectivity index (χ3n) is 6.67. The maximum Gasteiger partial charge on any atom is 0.261 e. The standard InChI is InChI=1S/C30H30Cl3N5O3/c1-18-5-8-20(9-6-18)28(39)37(14-4-13-34)26(30(41)36(2)3)27-35-25-16-21(31)10-11-22(25)29(40)38(27)17-19-7-12-23(32)24(33)15-19/h5-12,15-16,26H,4,13-14,17,34H2,1-3H3. The van der Waals surface area contributed by atoms with Crippen molar-refractivity contribution >= 4 is 57.5 Å². The van der Waals surface area contributed by atoms with Crippen LogP contribution in [-0.2, 0) is 11.3 Å².